The maximum Gasteiger partial charge on any atom is 0.329 e. The first-order valence-electron chi connectivity index (χ1n) is 6.84. The second-order valence-electron chi connectivity index (χ2n) is 5.20. The molecule has 1 aromatic carbocycles. The van der Waals surface area contributed by atoms with Gasteiger partial charge < -0.3 is 15.6 Å². The molecule has 3 N–H and O–H groups in total. The van der Waals surface area contributed by atoms with Crippen LogP contribution in [-0.4, -0.2) is 35.1 Å². The SMILES string of the molecule is Cl.O=C(Cn1c(=O)[nH]c2ccccc2c1=O)NCC1CNC1. The van der Waals surface area contributed by atoms with Gasteiger partial charge in [0.1, 0.15) is 6.54 Å². The van der Waals surface area contributed by atoms with Crippen LogP contribution in [-0.2, 0) is 11.3 Å². The molecule has 1 amide bonds. The average Bonchev–Trinajstić information content (AvgIpc) is 2.42. The van der Waals surface area contributed by atoms with Crippen molar-refractivity contribution in [2.45, 2.75) is 6.54 Å². The van der Waals surface area contributed by atoms with E-state index in [0.717, 1.165) is 17.7 Å². The molecule has 8 heteroatoms. The Bertz CT molecular complexity index is 795. The summed E-state index contributed by atoms with van der Waals surface area (Å²) in [6.45, 7) is 2.07. The molecule has 2 heterocycles. The van der Waals surface area contributed by atoms with Crippen LogP contribution in [0.4, 0.5) is 0 Å². The summed E-state index contributed by atoms with van der Waals surface area (Å²) in [4.78, 5) is 38.6. The van der Waals surface area contributed by atoms with Crippen LogP contribution in [0.25, 0.3) is 10.9 Å². The maximum absolute atomic E-state index is 12.2. The van der Waals surface area contributed by atoms with Crippen molar-refractivity contribution in [1.82, 2.24) is 20.2 Å². The van der Waals surface area contributed by atoms with E-state index in [2.05, 4.69) is 15.6 Å². The Morgan fingerprint density at radius 3 is 2.68 bits per heavy atom. The van der Waals surface area contributed by atoms with Crippen LogP contribution in [0.1, 0.15) is 0 Å². The Labute approximate surface area is 132 Å². The number of nitrogens with zero attached hydrogens (tertiary/aromatic N) is 1. The topological polar surface area (TPSA) is 96.0 Å². The van der Waals surface area contributed by atoms with E-state index in [1.165, 1.54) is 0 Å². The zero-order chi connectivity index (χ0) is 14.8. The molecular formula is C14H17ClN4O3. The lowest BCUT2D eigenvalue weighted by molar-refractivity contribution is -0.122. The first-order valence-corrected chi connectivity index (χ1v) is 6.84. The number of halogens is 1. The third-order valence-electron chi connectivity index (χ3n) is 3.65. The van der Waals surface area contributed by atoms with Crippen molar-refractivity contribution in [3.63, 3.8) is 0 Å². The molecule has 0 spiro atoms. The van der Waals surface area contributed by atoms with Crippen LogP contribution < -0.4 is 21.9 Å². The third kappa shape index (κ3) is 3.20. The van der Waals surface area contributed by atoms with Crippen molar-refractivity contribution in [1.29, 1.82) is 0 Å². The van der Waals surface area contributed by atoms with Crippen LogP contribution in [0.2, 0.25) is 0 Å². The number of hydrogen-bond acceptors (Lipinski definition) is 4. The summed E-state index contributed by atoms with van der Waals surface area (Å²) < 4.78 is 0.927. The number of carbonyl (C=O) groups excluding carboxylic acids is 1. The van der Waals surface area contributed by atoms with E-state index in [-0.39, 0.29) is 24.9 Å². The summed E-state index contributed by atoms with van der Waals surface area (Å²) in [6.07, 6.45) is 0. The molecule has 1 aromatic heterocycles. The number of aromatic amines is 1. The van der Waals surface area contributed by atoms with Crippen molar-refractivity contribution < 1.29 is 4.79 Å². The van der Waals surface area contributed by atoms with E-state index in [9.17, 15) is 14.4 Å². The lowest BCUT2D eigenvalue weighted by atomic mass is 10.0. The van der Waals surface area contributed by atoms with Crippen LogP contribution in [0.15, 0.2) is 33.9 Å². The van der Waals surface area contributed by atoms with Crippen molar-refractivity contribution in [2.24, 2.45) is 5.92 Å². The number of amides is 1. The van der Waals surface area contributed by atoms with Gasteiger partial charge in [-0.1, -0.05) is 12.1 Å². The molecule has 1 aliphatic rings. The highest BCUT2D eigenvalue weighted by molar-refractivity contribution is 5.85. The van der Waals surface area contributed by atoms with Gasteiger partial charge >= 0.3 is 5.69 Å². The molecule has 0 bridgehead atoms. The van der Waals surface area contributed by atoms with Crippen LogP contribution in [0.5, 0.6) is 0 Å². The summed E-state index contributed by atoms with van der Waals surface area (Å²) in [7, 11) is 0. The number of rotatable bonds is 4. The van der Waals surface area contributed by atoms with Gasteiger partial charge in [-0.05, 0) is 12.1 Å². The smallest absolute Gasteiger partial charge is 0.329 e. The number of aromatic nitrogens is 2. The molecule has 3 rings (SSSR count). The van der Waals surface area contributed by atoms with E-state index in [1.807, 2.05) is 0 Å². The zero-order valence-electron chi connectivity index (χ0n) is 11.8. The predicted molar refractivity (Wildman–Crippen MR) is 85.4 cm³/mol. The highest BCUT2D eigenvalue weighted by Crippen LogP contribution is 2.03. The molecular weight excluding hydrogens is 308 g/mol. The Morgan fingerprint density at radius 2 is 2.00 bits per heavy atom. The van der Waals surface area contributed by atoms with Gasteiger partial charge in [-0.15, -0.1) is 12.4 Å². The fourth-order valence-corrected chi connectivity index (χ4v) is 2.29. The quantitative estimate of drug-likeness (QED) is 0.703. The van der Waals surface area contributed by atoms with Crippen LogP contribution in [0.3, 0.4) is 0 Å². The number of nitrogens with one attached hydrogen (secondary N) is 3. The molecule has 1 aliphatic heterocycles. The third-order valence-corrected chi connectivity index (χ3v) is 3.65. The standard InChI is InChI=1S/C14H16N4O3.ClH/c19-12(16-7-9-5-15-6-9)8-18-13(20)10-3-1-2-4-11(10)17-14(18)21;/h1-4,9,15H,5-8H2,(H,16,19)(H,17,21);1H. The fourth-order valence-electron chi connectivity index (χ4n) is 2.29. The van der Waals surface area contributed by atoms with E-state index in [0.29, 0.717) is 23.4 Å². The minimum Gasteiger partial charge on any atom is -0.354 e. The summed E-state index contributed by atoms with van der Waals surface area (Å²) in [5.74, 6) is 0.102. The van der Waals surface area contributed by atoms with E-state index < -0.39 is 11.2 Å². The molecule has 22 heavy (non-hydrogen) atoms. The minimum absolute atomic E-state index is 0. The molecule has 0 atom stereocenters. The van der Waals surface area contributed by atoms with Crippen molar-refractivity contribution in [2.75, 3.05) is 19.6 Å². The van der Waals surface area contributed by atoms with E-state index >= 15 is 0 Å². The first kappa shape index (κ1) is 16.3. The predicted octanol–water partition coefficient (Wildman–Crippen LogP) is -0.553. The van der Waals surface area contributed by atoms with Crippen molar-refractivity contribution >= 4 is 29.2 Å². The van der Waals surface area contributed by atoms with E-state index in [1.54, 1.807) is 24.3 Å². The van der Waals surface area contributed by atoms with Gasteiger partial charge in [0, 0.05) is 25.6 Å². The normalized spacial score (nSPS) is 14.2. The highest BCUT2D eigenvalue weighted by Gasteiger charge is 2.18. The zero-order valence-corrected chi connectivity index (χ0v) is 12.6. The number of H-pyrrole nitrogens is 1. The molecule has 0 aliphatic carbocycles. The maximum atomic E-state index is 12.2. The van der Waals surface area contributed by atoms with Gasteiger partial charge in [0.05, 0.1) is 10.9 Å². The van der Waals surface area contributed by atoms with Crippen LogP contribution in [0, 0.1) is 5.92 Å². The van der Waals surface area contributed by atoms with Gasteiger partial charge in [0.25, 0.3) is 5.56 Å². The molecule has 118 valence electrons. The lowest BCUT2D eigenvalue weighted by Gasteiger charge is -2.27. The van der Waals surface area contributed by atoms with Gasteiger partial charge in [0.15, 0.2) is 0 Å². The van der Waals surface area contributed by atoms with Crippen molar-refractivity contribution in [3.05, 3.63) is 45.1 Å². The number of fused-ring (bicyclic) bond motifs is 1. The van der Waals surface area contributed by atoms with Crippen molar-refractivity contribution in [3.8, 4) is 0 Å². The second kappa shape index (κ2) is 6.76. The summed E-state index contributed by atoms with van der Waals surface area (Å²) in [6, 6.07) is 6.74. The monoisotopic (exact) mass is 324 g/mol. The molecule has 7 nitrogen and oxygen atoms in total. The molecule has 1 fully saturated rings. The summed E-state index contributed by atoms with van der Waals surface area (Å²) in [5, 5.41) is 6.25. The Hall–Kier alpha value is -2.12. The highest BCUT2D eigenvalue weighted by atomic mass is 35.5. The lowest BCUT2D eigenvalue weighted by Crippen LogP contribution is -2.49. The Morgan fingerprint density at radius 1 is 1.27 bits per heavy atom. The van der Waals surface area contributed by atoms with E-state index in [4.69, 9.17) is 0 Å². The molecule has 1 saturated heterocycles. The molecule has 0 saturated carbocycles. The molecule has 2 aromatic rings. The van der Waals surface area contributed by atoms with Crippen LogP contribution >= 0.6 is 12.4 Å². The largest absolute Gasteiger partial charge is 0.354 e. The number of benzene rings is 1. The first-order chi connectivity index (χ1) is 10.1. The van der Waals surface area contributed by atoms with Gasteiger partial charge in [-0.2, -0.15) is 0 Å². The fraction of sp³-hybridized carbons (Fsp3) is 0.357. The minimum atomic E-state index is -0.570. The average molecular weight is 325 g/mol. The molecule has 0 radical (unpaired) electrons. The number of carbonyl (C=O) groups is 1. The Kier molecular flexibility index (Phi) is 4.99. The van der Waals surface area contributed by atoms with Gasteiger partial charge in [0.2, 0.25) is 5.91 Å². The molecule has 0 unspecified atom stereocenters. The Balaban J connectivity index is 0.00000176. The van der Waals surface area contributed by atoms with Gasteiger partial charge in [-0.3, -0.25) is 14.2 Å². The summed E-state index contributed by atoms with van der Waals surface area (Å²) in [5.41, 5.74) is -0.543. The van der Waals surface area contributed by atoms with Gasteiger partial charge in [-0.25, -0.2) is 4.79 Å². The number of hydrogen-bond donors (Lipinski definition) is 3. The second-order valence-corrected chi connectivity index (χ2v) is 5.20. The summed E-state index contributed by atoms with van der Waals surface area (Å²) >= 11 is 0. The number of para-hydroxylation sites is 1.